The fourth-order valence-corrected chi connectivity index (χ4v) is 9.14. The first-order chi connectivity index (χ1) is 30.8. The van der Waals surface area contributed by atoms with Gasteiger partial charge in [-0.05, 0) is 119 Å². The lowest BCUT2D eigenvalue weighted by atomic mass is 9.90. The van der Waals surface area contributed by atoms with Gasteiger partial charge in [0.1, 0.15) is 23.0 Å². The van der Waals surface area contributed by atoms with Crippen molar-refractivity contribution >= 4 is 55.7 Å². The van der Waals surface area contributed by atoms with E-state index in [4.69, 9.17) is 9.47 Å². The number of nitrogens with zero attached hydrogens (tertiary/aromatic N) is 2. The average molecular weight is 799 g/mol. The Kier molecular flexibility index (Phi) is 9.24. The van der Waals surface area contributed by atoms with E-state index in [2.05, 4.69) is 228 Å². The molecule has 4 nitrogen and oxygen atoms in total. The summed E-state index contributed by atoms with van der Waals surface area (Å²) >= 11 is 0. The highest BCUT2D eigenvalue weighted by atomic mass is 16.5. The molecule has 2 heterocycles. The van der Waals surface area contributed by atoms with Crippen LogP contribution in [0.3, 0.4) is 0 Å². The minimum atomic E-state index is 0.839. The van der Waals surface area contributed by atoms with Crippen LogP contribution in [-0.2, 0) is 0 Å². The highest BCUT2D eigenvalue weighted by Gasteiger charge is 2.27. The fourth-order valence-electron chi connectivity index (χ4n) is 9.14. The van der Waals surface area contributed by atoms with Crippen molar-refractivity contribution in [1.82, 2.24) is 0 Å². The molecule has 0 amide bonds. The number of hydrogen-bond acceptors (Lipinski definition) is 4. The van der Waals surface area contributed by atoms with Crippen LogP contribution in [0.25, 0.3) is 54.9 Å². The van der Waals surface area contributed by atoms with Gasteiger partial charge in [0.25, 0.3) is 0 Å². The maximum absolute atomic E-state index is 6.80. The number of anilines is 6. The van der Waals surface area contributed by atoms with E-state index in [1.807, 2.05) is 13.8 Å². The zero-order valence-corrected chi connectivity index (χ0v) is 34.5. The standard InChI is InChI=1S/C56H36N2O2.C2H6/c1-5-15-39(16-6-1)57(40-17-7-2-8-18-40)49-33-31-45-43-29-27-37(35-53(43)59-51-25-13-23-47(49)55(45)51)38-28-30-44-46-32-34-50(48-24-14-26-52(56(46)48)60-54(44)36-38)58(41-19-9-3-10-20-41)42-21-11-4-12-22-42;1-2/h1-36H;1-2H3. The summed E-state index contributed by atoms with van der Waals surface area (Å²) in [7, 11) is 0. The van der Waals surface area contributed by atoms with E-state index < -0.39 is 0 Å². The number of rotatable bonds is 7. The molecule has 10 aromatic rings. The van der Waals surface area contributed by atoms with Gasteiger partial charge in [-0.15, -0.1) is 0 Å². The summed E-state index contributed by atoms with van der Waals surface area (Å²) in [5, 5.41) is 4.49. The molecule has 0 aromatic heterocycles. The van der Waals surface area contributed by atoms with Crippen molar-refractivity contribution < 1.29 is 9.47 Å². The number of para-hydroxylation sites is 4. The van der Waals surface area contributed by atoms with Crippen molar-refractivity contribution in [3.63, 3.8) is 0 Å². The van der Waals surface area contributed by atoms with Crippen LogP contribution in [0.5, 0.6) is 23.0 Å². The molecular formula is C58H42N2O2. The summed E-state index contributed by atoms with van der Waals surface area (Å²) in [5.41, 5.74) is 13.2. The topological polar surface area (TPSA) is 24.9 Å². The van der Waals surface area contributed by atoms with E-state index in [1.54, 1.807) is 0 Å². The van der Waals surface area contributed by atoms with E-state index in [9.17, 15) is 0 Å². The first-order valence-electron chi connectivity index (χ1n) is 21.3. The first kappa shape index (κ1) is 37.0. The van der Waals surface area contributed by atoms with Crippen molar-refractivity contribution in [1.29, 1.82) is 0 Å². The largest absolute Gasteiger partial charge is 0.456 e. The molecule has 0 saturated heterocycles. The van der Waals surface area contributed by atoms with Gasteiger partial charge in [-0.25, -0.2) is 0 Å². The third kappa shape index (κ3) is 6.15. The molecule has 0 fully saturated rings. The number of ether oxygens (including phenoxy) is 2. The summed E-state index contributed by atoms with van der Waals surface area (Å²) in [6.07, 6.45) is 0. The molecule has 0 bridgehead atoms. The van der Waals surface area contributed by atoms with Gasteiger partial charge in [-0.3, -0.25) is 0 Å². The van der Waals surface area contributed by atoms with Gasteiger partial charge in [0.15, 0.2) is 0 Å². The Morgan fingerprint density at radius 1 is 0.290 bits per heavy atom. The minimum absolute atomic E-state index is 0.839. The van der Waals surface area contributed by atoms with E-state index in [0.717, 1.165) is 112 Å². The monoisotopic (exact) mass is 798 g/mol. The number of fused-ring (bicyclic) bond motifs is 4. The third-order valence-corrected chi connectivity index (χ3v) is 11.8. The van der Waals surface area contributed by atoms with Crippen molar-refractivity contribution in [3.8, 4) is 56.4 Å². The van der Waals surface area contributed by atoms with Gasteiger partial charge in [-0.1, -0.05) is 135 Å². The Bertz CT molecular complexity index is 2960. The Balaban J connectivity index is 0.00000213. The van der Waals surface area contributed by atoms with Crippen LogP contribution < -0.4 is 19.3 Å². The molecule has 12 rings (SSSR count). The average Bonchev–Trinajstić information content (AvgIpc) is 3.34. The van der Waals surface area contributed by atoms with Crippen LogP contribution in [-0.4, -0.2) is 0 Å². The summed E-state index contributed by atoms with van der Waals surface area (Å²) in [6.45, 7) is 4.00. The summed E-state index contributed by atoms with van der Waals surface area (Å²) in [4.78, 5) is 4.64. The fraction of sp³-hybridized carbons (Fsp3) is 0.0345. The molecule has 62 heavy (non-hydrogen) atoms. The van der Waals surface area contributed by atoms with Crippen LogP contribution >= 0.6 is 0 Å². The van der Waals surface area contributed by atoms with Crippen molar-refractivity contribution in [2.75, 3.05) is 9.80 Å². The molecule has 0 saturated carbocycles. The molecule has 0 unspecified atom stereocenters. The predicted octanol–water partition coefficient (Wildman–Crippen LogP) is 17.2. The third-order valence-electron chi connectivity index (χ3n) is 11.8. The van der Waals surface area contributed by atoms with Crippen LogP contribution in [0.4, 0.5) is 34.1 Å². The van der Waals surface area contributed by atoms with E-state index in [1.165, 1.54) is 0 Å². The van der Waals surface area contributed by atoms with Crippen LogP contribution in [0.2, 0.25) is 0 Å². The van der Waals surface area contributed by atoms with E-state index >= 15 is 0 Å². The molecule has 4 heteroatoms. The van der Waals surface area contributed by atoms with E-state index in [0.29, 0.717) is 0 Å². The Labute approximate surface area is 362 Å². The zero-order chi connectivity index (χ0) is 41.6. The van der Waals surface area contributed by atoms with Crippen molar-refractivity contribution in [2.24, 2.45) is 0 Å². The van der Waals surface area contributed by atoms with Crippen LogP contribution in [0, 0.1) is 0 Å². The molecule has 0 atom stereocenters. The second kappa shape index (κ2) is 15.5. The molecular weight excluding hydrogens is 757 g/mol. The quantitative estimate of drug-likeness (QED) is 0.160. The minimum Gasteiger partial charge on any atom is -0.456 e. The van der Waals surface area contributed by atoms with Gasteiger partial charge in [0.2, 0.25) is 0 Å². The van der Waals surface area contributed by atoms with Crippen molar-refractivity contribution in [3.05, 3.63) is 218 Å². The normalized spacial score (nSPS) is 11.6. The molecule has 2 aliphatic heterocycles. The van der Waals surface area contributed by atoms with Gasteiger partial charge in [0, 0.05) is 55.4 Å². The second-order valence-electron chi connectivity index (χ2n) is 15.3. The summed E-state index contributed by atoms with van der Waals surface area (Å²) < 4.78 is 13.6. The van der Waals surface area contributed by atoms with E-state index in [-0.39, 0.29) is 0 Å². The molecule has 0 N–H and O–H groups in total. The lowest BCUT2D eigenvalue weighted by Gasteiger charge is -2.29. The zero-order valence-electron chi connectivity index (χ0n) is 34.5. The van der Waals surface area contributed by atoms with Crippen LogP contribution in [0.15, 0.2) is 218 Å². The molecule has 0 radical (unpaired) electrons. The number of benzene rings is 10. The Morgan fingerprint density at radius 2 is 0.629 bits per heavy atom. The van der Waals surface area contributed by atoms with Crippen LogP contribution in [0.1, 0.15) is 13.8 Å². The molecule has 0 aliphatic carbocycles. The molecule has 296 valence electrons. The lowest BCUT2D eigenvalue weighted by Crippen LogP contribution is -2.11. The van der Waals surface area contributed by atoms with Gasteiger partial charge in [0.05, 0.1) is 11.4 Å². The van der Waals surface area contributed by atoms with Crippen molar-refractivity contribution in [2.45, 2.75) is 13.8 Å². The highest BCUT2D eigenvalue weighted by molar-refractivity contribution is 6.12. The second-order valence-corrected chi connectivity index (χ2v) is 15.3. The summed E-state index contributed by atoms with van der Waals surface area (Å²) in [5.74, 6) is 3.38. The molecule has 2 aliphatic rings. The summed E-state index contributed by atoms with van der Waals surface area (Å²) in [6, 6.07) is 77.0. The van der Waals surface area contributed by atoms with Gasteiger partial charge >= 0.3 is 0 Å². The Hall–Kier alpha value is -8.08. The molecule has 0 spiro atoms. The maximum atomic E-state index is 6.80. The predicted molar refractivity (Wildman–Crippen MR) is 259 cm³/mol. The highest BCUT2D eigenvalue weighted by Crippen LogP contribution is 2.53. The molecule has 10 aromatic carbocycles. The van der Waals surface area contributed by atoms with Gasteiger partial charge < -0.3 is 19.3 Å². The SMILES string of the molecule is CC.c1ccc(N(c2ccccc2)c2ccc3c4c(cccc24)Oc2cc(-c4ccc5c(c4)Oc4cccc6c(N(c7ccccc7)c7ccccc7)ccc-5c46)ccc2-3)cc1. The first-order valence-corrected chi connectivity index (χ1v) is 21.3. The van der Waals surface area contributed by atoms with Gasteiger partial charge in [-0.2, -0.15) is 0 Å². The number of hydrogen-bond donors (Lipinski definition) is 0. The maximum Gasteiger partial charge on any atom is 0.135 e. The Morgan fingerprint density at radius 3 is 0.984 bits per heavy atom. The smallest absolute Gasteiger partial charge is 0.135 e. The lowest BCUT2D eigenvalue weighted by molar-refractivity contribution is 0.486.